The van der Waals surface area contributed by atoms with Crippen LogP contribution in [-0.4, -0.2) is 28.6 Å². The third-order valence-corrected chi connectivity index (χ3v) is 4.97. The molecule has 1 fully saturated rings. The van der Waals surface area contributed by atoms with E-state index in [1.54, 1.807) is 25.1 Å². The van der Waals surface area contributed by atoms with E-state index >= 15 is 0 Å². The molecule has 2 heterocycles. The highest BCUT2D eigenvalue weighted by Crippen LogP contribution is 2.37. The molecule has 3 rings (SSSR count). The van der Waals surface area contributed by atoms with E-state index in [0.717, 1.165) is 25.8 Å². The molecule has 0 radical (unpaired) electrons. The highest BCUT2D eigenvalue weighted by atomic mass is 35.5. The van der Waals surface area contributed by atoms with Crippen molar-refractivity contribution in [1.82, 2.24) is 10.1 Å². The lowest BCUT2D eigenvalue weighted by atomic mass is 10.00. The quantitative estimate of drug-likeness (QED) is 0.766. The van der Waals surface area contributed by atoms with Crippen LogP contribution in [-0.2, 0) is 0 Å². The molecule has 1 aliphatic heterocycles. The van der Waals surface area contributed by atoms with E-state index in [1.165, 1.54) is 0 Å². The van der Waals surface area contributed by atoms with Crippen LogP contribution in [0.25, 0.3) is 11.3 Å². The fourth-order valence-electron chi connectivity index (χ4n) is 3.06. The molecule has 1 aliphatic rings. The highest BCUT2D eigenvalue weighted by molar-refractivity contribution is 6.39. The number of carbonyl (C=O) groups excluding carboxylic acids is 1. The van der Waals surface area contributed by atoms with E-state index < -0.39 is 0 Å². The lowest BCUT2D eigenvalue weighted by Crippen LogP contribution is -2.42. The third-order valence-electron chi connectivity index (χ3n) is 4.34. The molecule has 0 bridgehead atoms. The first kappa shape index (κ1) is 16.3. The maximum atomic E-state index is 13.0. The zero-order valence-corrected chi connectivity index (χ0v) is 14.6. The van der Waals surface area contributed by atoms with Crippen LogP contribution >= 0.6 is 23.2 Å². The fourth-order valence-corrected chi connectivity index (χ4v) is 3.64. The molecule has 1 aromatic carbocycles. The smallest absolute Gasteiger partial charge is 0.259 e. The normalized spacial score (nSPS) is 18.3. The van der Waals surface area contributed by atoms with E-state index in [2.05, 4.69) is 12.1 Å². The van der Waals surface area contributed by atoms with E-state index in [-0.39, 0.29) is 11.9 Å². The van der Waals surface area contributed by atoms with Crippen molar-refractivity contribution in [3.05, 3.63) is 39.6 Å². The van der Waals surface area contributed by atoms with Crippen LogP contribution in [0.4, 0.5) is 0 Å². The summed E-state index contributed by atoms with van der Waals surface area (Å²) in [4.78, 5) is 14.9. The minimum atomic E-state index is -0.0677. The summed E-state index contributed by atoms with van der Waals surface area (Å²) in [5.74, 6) is 0.417. The minimum Gasteiger partial charge on any atom is -0.360 e. The summed E-state index contributed by atoms with van der Waals surface area (Å²) in [6.07, 6.45) is 3.18. The number of hydrogen-bond acceptors (Lipinski definition) is 3. The summed E-state index contributed by atoms with van der Waals surface area (Å²) in [6, 6.07) is 5.42. The number of amides is 1. The Balaban J connectivity index is 2.07. The zero-order valence-electron chi connectivity index (χ0n) is 13.1. The number of likely N-dealkylation sites (tertiary alicyclic amines) is 1. The summed E-state index contributed by atoms with van der Waals surface area (Å²) in [5, 5.41) is 4.96. The molecule has 0 unspecified atom stereocenters. The van der Waals surface area contributed by atoms with Crippen molar-refractivity contribution in [3.8, 4) is 11.3 Å². The maximum absolute atomic E-state index is 13.0. The molecule has 4 nitrogen and oxygen atoms in total. The van der Waals surface area contributed by atoms with E-state index in [0.29, 0.717) is 32.6 Å². The van der Waals surface area contributed by atoms with Crippen molar-refractivity contribution in [3.63, 3.8) is 0 Å². The first-order valence-corrected chi connectivity index (χ1v) is 8.48. The molecule has 1 amide bonds. The first-order chi connectivity index (χ1) is 11.0. The number of hydrogen-bond donors (Lipinski definition) is 0. The lowest BCUT2D eigenvalue weighted by Gasteiger charge is -2.33. The van der Waals surface area contributed by atoms with Crippen LogP contribution in [0, 0.1) is 6.92 Å². The second-order valence-corrected chi connectivity index (χ2v) is 6.72. The van der Waals surface area contributed by atoms with E-state index in [9.17, 15) is 4.79 Å². The molecule has 23 heavy (non-hydrogen) atoms. The van der Waals surface area contributed by atoms with Crippen molar-refractivity contribution in [2.75, 3.05) is 6.54 Å². The molecule has 0 saturated carbocycles. The molecular formula is C17H18Cl2N2O2. The van der Waals surface area contributed by atoms with Crippen molar-refractivity contribution in [2.24, 2.45) is 0 Å². The number of carbonyl (C=O) groups is 1. The van der Waals surface area contributed by atoms with Gasteiger partial charge in [-0.1, -0.05) is 34.4 Å². The molecule has 1 saturated heterocycles. The van der Waals surface area contributed by atoms with Crippen LogP contribution in [0.15, 0.2) is 22.7 Å². The van der Waals surface area contributed by atoms with Crippen LogP contribution in [0.5, 0.6) is 0 Å². The minimum absolute atomic E-state index is 0.0677. The van der Waals surface area contributed by atoms with Gasteiger partial charge in [0.05, 0.1) is 10.0 Å². The fraction of sp³-hybridized carbons (Fsp3) is 0.412. The molecule has 0 aliphatic carbocycles. The second kappa shape index (κ2) is 6.54. The Bertz CT molecular complexity index is 722. The summed E-state index contributed by atoms with van der Waals surface area (Å²) < 4.78 is 5.29. The summed E-state index contributed by atoms with van der Waals surface area (Å²) >= 11 is 12.5. The van der Waals surface area contributed by atoms with E-state index in [4.69, 9.17) is 27.7 Å². The number of aromatic nitrogens is 1. The van der Waals surface area contributed by atoms with Crippen LogP contribution < -0.4 is 0 Å². The Morgan fingerprint density at radius 1 is 1.30 bits per heavy atom. The summed E-state index contributed by atoms with van der Waals surface area (Å²) in [7, 11) is 0. The second-order valence-electron chi connectivity index (χ2n) is 5.90. The van der Waals surface area contributed by atoms with E-state index in [1.807, 2.05) is 4.90 Å². The molecule has 6 heteroatoms. The lowest BCUT2D eigenvalue weighted by molar-refractivity contribution is 0.0634. The molecule has 1 atom stereocenters. The Kier molecular flexibility index (Phi) is 4.64. The van der Waals surface area contributed by atoms with Gasteiger partial charge >= 0.3 is 0 Å². The predicted octanol–water partition coefficient (Wildman–Crippen LogP) is 4.97. The van der Waals surface area contributed by atoms with Crippen LogP contribution in [0.2, 0.25) is 10.0 Å². The van der Waals surface area contributed by atoms with Gasteiger partial charge in [0.15, 0.2) is 0 Å². The van der Waals surface area contributed by atoms with Crippen LogP contribution in [0.3, 0.4) is 0 Å². The summed E-state index contributed by atoms with van der Waals surface area (Å²) in [5.41, 5.74) is 1.41. The topological polar surface area (TPSA) is 46.3 Å². The third kappa shape index (κ3) is 2.98. The number of rotatable bonds is 2. The molecule has 0 N–H and O–H groups in total. The molecule has 1 aromatic heterocycles. The van der Waals surface area contributed by atoms with Gasteiger partial charge in [-0.05, 0) is 45.2 Å². The molecule has 122 valence electrons. The van der Waals surface area contributed by atoms with Crippen molar-refractivity contribution in [1.29, 1.82) is 0 Å². The number of benzene rings is 1. The maximum Gasteiger partial charge on any atom is 0.259 e. The van der Waals surface area contributed by atoms with Gasteiger partial charge in [0, 0.05) is 18.2 Å². The Labute approximate surface area is 145 Å². The van der Waals surface area contributed by atoms with Gasteiger partial charge in [0.25, 0.3) is 5.91 Å². The predicted molar refractivity (Wildman–Crippen MR) is 91.0 cm³/mol. The standard InChI is InChI=1S/C17H18Cl2N2O2/c1-10-6-3-4-9-21(10)17(22)14-11(2)23-20-16(14)15-12(18)7-5-8-13(15)19/h5,7-8,10H,3-4,6,9H2,1-2H3/t10-/m1/s1. The van der Waals surface area contributed by atoms with Crippen molar-refractivity contribution >= 4 is 29.1 Å². The Morgan fingerprint density at radius 2 is 2.00 bits per heavy atom. The van der Waals surface area contributed by atoms with Crippen molar-refractivity contribution in [2.45, 2.75) is 39.2 Å². The number of nitrogens with zero attached hydrogens (tertiary/aromatic N) is 2. The average molecular weight is 353 g/mol. The molecule has 2 aromatic rings. The van der Waals surface area contributed by atoms with Crippen LogP contribution in [0.1, 0.15) is 42.3 Å². The van der Waals surface area contributed by atoms with Gasteiger partial charge in [-0.15, -0.1) is 0 Å². The van der Waals surface area contributed by atoms with Gasteiger partial charge < -0.3 is 9.42 Å². The number of piperidine rings is 1. The highest BCUT2D eigenvalue weighted by Gasteiger charge is 2.31. The molecule has 0 spiro atoms. The number of aryl methyl sites for hydroxylation is 1. The van der Waals surface area contributed by atoms with Gasteiger partial charge in [-0.3, -0.25) is 4.79 Å². The Morgan fingerprint density at radius 3 is 2.65 bits per heavy atom. The first-order valence-electron chi connectivity index (χ1n) is 7.72. The SMILES string of the molecule is Cc1onc(-c2c(Cl)cccc2Cl)c1C(=O)N1CCCC[C@H]1C. The molecular weight excluding hydrogens is 335 g/mol. The van der Waals surface area contributed by atoms with Gasteiger partial charge in [-0.2, -0.15) is 0 Å². The Hall–Kier alpha value is -1.52. The number of halogens is 2. The van der Waals surface area contributed by atoms with Gasteiger partial charge in [0.1, 0.15) is 17.0 Å². The van der Waals surface area contributed by atoms with Crippen molar-refractivity contribution < 1.29 is 9.32 Å². The zero-order chi connectivity index (χ0) is 16.6. The average Bonchev–Trinajstić information content (AvgIpc) is 2.88. The monoisotopic (exact) mass is 352 g/mol. The van der Waals surface area contributed by atoms with Gasteiger partial charge in [0.2, 0.25) is 0 Å². The largest absolute Gasteiger partial charge is 0.360 e. The van der Waals surface area contributed by atoms with Gasteiger partial charge in [-0.25, -0.2) is 0 Å². The summed E-state index contributed by atoms with van der Waals surface area (Å²) in [6.45, 7) is 4.56.